The van der Waals surface area contributed by atoms with Crippen LogP contribution >= 0.6 is 0 Å². The third-order valence-corrected chi connectivity index (χ3v) is 5.99. The molecule has 2 heterocycles. The Morgan fingerprint density at radius 2 is 1.53 bits per heavy atom. The molecule has 0 radical (unpaired) electrons. The Morgan fingerprint density at radius 1 is 0.861 bits per heavy atom. The number of benzene rings is 3. The van der Waals surface area contributed by atoms with E-state index in [4.69, 9.17) is 28.1 Å². The van der Waals surface area contributed by atoms with Crippen LogP contribution in [0.3, 0.4) is 0 Å². The van der Waals surface area contributed by atoms with Gasteiger partial charge in [0.2, 0.25) is 22.7 Å². The van der Waals surface area contributed by atoms with Gasteiger partial charge in [-0.05, 0) is 18.2 Å². The fraction of sp³-hybridized carbons (Fsp3) is 0.240. The lowest BCUT2D eigenvalue weighted by Crippen LogP contribution is -2.36. The summed E-state index contributed by atoms with van der Waals surface area (Å²) in [6.07, 6.45) is -1.89. The van der Waals surface area contributed by atoms with Crippen LogP contribution in [0, 0.1) is 0 Å². The number of methoxy groups -OCH3 is 3. The first-order valence-electron chi connectivity index (χ1n) is 10.7. The summed E-state index contributed by atoms with van der Waals surface area (Å²) in [6.45, 7) is -0.492. The quantitative estimate of drug-likeness (QED) is 0.300. The summed E-state index contributed by atoms with van der Waals surface area (Å²) in [7, 11) is 4.14. The summed E-state index contributed by atoms with van der Waals surface area (Å²) in [4.78, 5) is 13.2. The van der Waals surface area contributed by atoms with Gasteiger partial charge in [0.25, 0.3) is 0 Å². The molecule has 0 bridgehead atoms. The van der Waals surface area contributed by atoms with Crippen LogP contribution in [0.15, 0.2) is 39.5 Å². The van der Waals surface area contributed by atoms with E-state index < -0.39 is 30.0 Å². The van der Waals surface area contributed by atoms with E-state index in [1.807, 2.05) is 0 Å². The molecule has 0 aliphatic carbocycles. The molecule has 2 atom stereocenters. The zero-order valence-electron chi connectivity index (χ0n) is 19.4. The van der Waals surface area contributed by atoms with Crippen LogP contribution in [0.5, 0.6) is 46.0 Å². The van der Waals surface area contributed by atoms with Gasteiger partial charge in [-0.15, -0.1) is 0 Å². The molecule has 11 nitrogen and oxygen atoms in total. The number of ether oxygens (including phenoxy) is 5. The average Bonchev–Trinajstić information content (AvgIpc) is 2.87. The molecule has 4 aromatic rings. The maximum Gasteiger partial charge on any atom is 0.209 e. The predicted molar refractivity (Wildman–Crippen MR) is 126 cm³/mol. The number of aliphatic hydroxyl groups excluding tert-OH is 1. The molecule has 0 fully saturated rings. The summed E-state index contributed by atoms with van der Waals surface area (Å²) < 4.78 is 34.1. The number of phenols is 3. The Balaban J connectivity index is 1.75. The second-order valence-electron chi connectivity index (χ2n) is 8.03. The maximum absolute atomic E-state index is 13.2. The third kappa shape index (κ3) is 3.43. The van der Waals surface area contributed by atoms with Gasteiger partial charge in [-0.3, -0.25) is 4.79 Å². The van der Waals surface area contributed by atoms with Gasteiger partial charge in [-0.1, -0.05) is 0 Å². The smallest absolute Gasteiger partial charge is 0.209 e. The molecule has 188 valence electrons. The highest BCUT2D eigenvalue weighted by Crippen LogP contribution is 2.51. The van der Waals surface area contributed by atoms with Crippen LogP contribution in [0.2, 0.25) is 0 Å². The zero-order valence-corrected chi connectivity index (χ0v) is 19.4. The van der Waals surface area contributed by atoms with Gasteiger partial charge < -0.3 is 48.5 Å². The lowest BCUT2D eigenvalue weighted by Gasteiger charge is -2.34. The highest BCUT2D eigenvalue weighted by molar-refractivity contribution is 5.98. The summed E-state index contributed by atoms with van der Waals surface area (Å²) in [6, 6.07) is 6.66. The molecule has 4 N–H and O–H groups in total. The Kier molecular flexibility index (Phi) is 5.56. The van der Waals surface area contributed by atoms with Gasteiger partial charge in [0, 0.05) is 17.7 Å². The van der Waals surface area contributed by atoms with Gasteiger partial charge in [-0.25, -0.2) is 0 Å². The standard InChI is InChI=1S/C25H22O11/c1-31-15-4-10(5-16(32-2)21(15)30)22-18(9-26)35-25-23-12(8-17(33-3)24(25)36-22)20(29)19-13(28)6-11(27)7-14(19)34-23/h4-8,18,22,26-28,30H,9H2,1-3H3/t18-,22-/m1/s1. The number of hydrogen-bond acceptors (Lipinski definition) is 11. The molecule has 1 aliphatic heterocycles. The van der Waals surface area contributed by atoms with E-state index in [9.17, 15) is 25.2 Å². The topological polar surface area (TPSA) is 157 Å². The van der Waals surface area contributed by atoms with Crippen molar-refractivity contribution in [2.75, 3.05) is 27.9 Å². The van der Waals surface area contributed by atoms with Gasteiger partial charge in [-0.2, -0.15) is 0 Å². The van der Waals surface area contributed by atoms with Gasteiger partial charge in [0.1, 0.15) is 22.5 Å². The SMILES string of the molecule is COc1cc([C@H]2Oc3c(OC)cc4c(=O)c5c(O)cc(O)cc5oc4c3O[C@@H]2CO)cc(OC)c1O. The molecular formula is C25H22O11. The number of rotatable bonds is 5. The molecule has 0 saturated heterocycles. The second-order valence-corrected chi connectivity index (χ2v) is 8.03. The van der Waals surface area contributed by atoms with E-state index in [1.54, 1.807) is 0 Å². The summed E-state index contributed by atoms with van der Waals surface area (Å²) in [5, 5.41) is 40.4. The number of aliphatic hydroxyl groups is 1. The van der Waals surface area contributed by atoms with Crippen LogP contribution in [0.4, 0.5) is 0 Å². The van der Waals surface area contributed by atoms with E-state index in [1.165, 1.54) is 45.6 Å². The first-order chi connectivity index (χ1) is 17.3. The van der Waals surface area contributed by atoms with Crippen molar-refractivity contribution in [2.45, 2.75) is 12.2 Å². The number of aromatic hydroxyl groups is 3. The number of phenolic OH excluding ortho intramolecular Hbond substituents is 3. The minimum Gasteiger partial charge on any atom is -0.508 e. The molecule has 1 aliphatic rings. The van der Waals surface area contributed by atoms with Crippen molar-refractivity contribution in [3.63, 3.8) is 0 Å². The molecule has 3 aromatic carbocycles. The Hall–Kier alpha value is -4.51. The van der Waals surface area contributed by atoms with Crippen molar-refractivity contribution in [1.82, 2.24) is 0 Å². The Morgan fingerprint density at radius 3 is 2.14 bits per heavy atom. The zero-order chi connectivity index (χ0) is 25.7. The first kappa shape index (κ1) is 23.2. The van der Waals surface area contributed by atoms with E-state index in [0.29, 0.717) is 5.56 Å². The van der Waals surface area contributed by atoms with Crippen molar-refractivity contribution >= 4 is 21.9 Å². The molecule has 36 heavy (non-hydrogen) atoms. The van der Waals surface area contributed by atoms with Gasteiger partial charge in [0.05, 0.1) is 33.3 Å². The van der Waals surface area contributed by atoms with E-state index in [0.717, 1.165) is 6.07 Å². The largest absolute Gasteiger partial charge is 0.508 e. The maximum atomic E-state index is 13.2. The fourth-order valence-electron chi connectivity index (χ4n) is 4.29. The molecule has 5 rings (SSSR count). The van der Waals surface area contributed by atoms with E-state index >= 15 is 0 Å². The molecular weight excluding hydrogens is 476 g/mol. The average molecular weight is 498 g/mol. The van der Waals surface area contributed by atoms with E-state index in [2.05, 4.69) is 0 Å². The molecule has 1 aromatic heterocycles. The lowest BCUT2D eigenvalue weighted by molar-refractivity contribution is -0.0135. The minimum atomic E-state index is -0.981. The first-order valence-corrected chi connectivity index (χ1v) is 10.7. The fourth-order valence-corrected chi connectivity index (χ4v) is 4.29. The lowest BCUT2D eigenvalue weighted by atomic mass is 10.0. The third-order valence-electron chi connectivity index (χ3n) is 5.99. The van der Waals surface area contributed by atoms with Crippen LogP contribution in [-0.2, 0) is 0 Å². The molecule has 0 spiro atoms. The molecule has 11 heteroatoms. The second kappa shape index (κ2) is 8.61. The Bertz CT molecular complexity index is 1530. The van der Waals surface area contributed by atoms with Gasteiger partial charge in [0.15, 0.2) is 35.0 Å². The normalized spacial score (nSPS) is 16.8. The number of hydrogen-bond donors (Lipinski definition) is 4. The van der Waals surface area contributed by atoms with Crippen LogP contribution in [0.1, 0.15) is 11.7 Å². The van der Waals surface area contributed by atoms with Crippen molar-refractivity contribution in [3.8, 4) is 46.0 Å². The molecule has 0 saturated carbocycles. The molecule has 0 amide bonds. The van der Waals surface area contributed by atoms with Crippen LogP contribution in [0.25, 0.3) is 21.9 Å². The summed E-state index contributed by atoms with van der Waals surface area (Å²) in [5.41, 5.74) is -0.213. The van der Waals surface area contributed by atoms with Crippen molar-refractivity contribution in [1.29, 1.82) is 0 Å². The highest BCUT2D eigenvalue weighted by atomic mass is 16.6. The number of fused-ring (bicyclic) bond motifs is 4. The van der Waals surface area contributed by atoms with Gasteiger partial charge >= 0.3 is 0 Å². The van der Waals surface area contributed by atoms with Crippen molar-refractivity contribution < 1.29 is 48.5 Å². The molecule has 0 unspecified atom stereocenters. The monoisotopic (exact) mass is 498 g/mol. The summed E-state index contributed by atoms with van der Waals surface area (Å²) in [5.74, 6) is -0.469. The van der Waals surface area contributed by atoms with Crippen LogP contribution in [-0.4, -0.2) is 54.5 Å². The Labute approximate surface area is 203 Å². The minimum absolute atomic E-state index is 0.000749. The van der Waals surface area contributed by atoms with Crippen molar-refractivity contribution in [2.24, 2.45) is 0 Å². The van der Waals surface area contributed by atoms with Crippen molar-refractivity contribution in [3.05, 3.63) is 46.1 Å². The summed E-state index contributed by atoms with van der Waals surface area (Å²) >= 11 is 0. The highest BCUT2D eigenvalue weighted by Gasteiger charge is 2.38. The predicted octanol–water partition coefficient (Wildman–Crippen LogP) is 2.96. The van der Waals surface area contributed by atoms with Crippen LogP contribution < -0.4 is 29.1 Å². The van der Waals surface area contributed by atoms with E-state index in [-0.39, 0.29) is 62.2 Å².